The Balaban J connectivity index is 2.20. The summed E-state index contributed by atoms with van der Waals surface area (Å²) >= 11 is 6.06. The first-order valence-electron chi connectivity index (χ1n) is 9.78. The summed E-state index contributed by atoms with van der Waals surface area (Å²) in [6, 6.07) is 0.372. The third kappa shape index (κ3) is 6.03. The number of piperidine rings is 1. The molecule has 0 bridgehead atoms. The van der Waals surface area contributed by atoms with Crippen LogP contribution in [0.15, 0.2) is 6.33 Å². The van der Waals surface area contributed by atoms with Crippen molar-refractivity contribution in [2.24, 2.45) is 0 Å². The van der Waals surface area contributed by atoms with E-state index in [1.165, 1.54) is 6.33 Å². The molecule has 1 aromatic rings. The molecule has 1 aromatic heterocycles. The summed E-state index contributed by atoms with van der Waals surface area (Å²) in [7, 11) is 0. The first-order valence-corrected chi connectivity index (χ1v) is 10.2. The molecule has 1 fully saturated rings. The van der Waals surface area contributed by atoms with E-state index in [1.54, 1.807) is 0 Å². The molecule has 0 atom stereocenters. The topological polar surface area (TPSA) is 57.2 Å². The van der Waals surface area contributed by atoms with Crippen molar-refractivity contribution in [2.75, 3.05) is 31.1 Å². The molecule has 0 amide bonds. The van der Waals surface area contributed by atoms with Crippen molar-refractivity contribution in [3.63, 3.8) is 0 Å². The quantitative estimate of drug-likeness (QED) is 0.743. The van der Waals surface area contributed by atoms with Gasteiger partial charge in [-0.15, -0.1) is 0 Å². The van der Waals surface area contributed by atoms with Crippen molar-refractivity contribution in [3.05, 3.63) is 11.6 Å². The standard InChI is InChI=1S/C19H35ClN6/c1-7-25(8-2)10-9-11-26(17-22-14-21-16(20)23-17)15-12-18(3,4)24-19(5,6)13-15/h14-15,24H,7-13H2,1-6H3. The maximum atomic E-state index is 6.06. The van der Waals surface area contributed by atoms with Gasteiger partial charge in [0.15, 0.2) is 0 Å². The Hall–Kier alpha value is -0.980. The molecule has 0 aliphatic carbocycles. The molecule has 1 aliphatic rings. The smallest absolute Gasteiger partial charge is 0.229 e. The van der Waals surface area contributed by atoms with E-state index in [-0.39, 0.29) is 16.4 Å². The summed E-state index contributed by atoms with van der Waals surface area (Å²) in [6.45, 7) is 17.7. The molecular formula is C19H35ClN6. The van der Waals surface area contributed by atoms with Crippen molar-refractivity contribution in [3.8, 4) is 0 Å². The van der Waals surface area contributed by atoms with E-state index < -0.39 is 0 Å². The Labute approximate surface area is 163 Å². The van der Waals surface area contributed by atoms with Crippen LogP contribution in [-0.4, -0.2) is 63.2 Å². The predicted molar refractivity (Wildman–Crippen MR) is 109 cm³/mol. The highest BCUT2D eigenvalue weighted by Crippen LogP contribution is 2.33. The van der Waals surface area contributed by atoms with Gasteiger partial charge in [-0.3, -0.25) is 0 Å². The second kappa shape index (κ2) is 8.81. The van der Waals surface area contributed by atoms with Gasteiger partial charge in [-0.1, -0.05) is 13.8 Å². The fraction of sp³-hybridized carbons (Fsp3) is 0.842. The Morgan fingerprint density at radius 3 is 2.23 bits per heavy atom. The molecule has 7 heteroatoms. The molecule has 0 aromatic carbocycles. The Kier molecular flexibility index (Phi) is 7.22. The van der Waals surface area contributed by atoms with Crippen LogP contribution in [0.3, 0.4) is 0 Å². The lowest BCUT2D eigenvalue weighted by Gasteiger charge is -2.49. The first kappa shape index (κ1) is 21.3. The number of aromatic nitrogens is 3. The zero-order valence-corrected chi connectivity index (χ0v) is 18.0. The van der Waals surface area contributed by atoms with Crippen molar-refractivity contribution >= 4 is 17.5 Å². The summed E-state index contributed by atoms with van der Waals surface area (Å²) in [5.41, 5.74) is 0.140. The summed E-state index contributed by atoms with van der Waals surface area (Å²) in [6.07, 6.45) is 4.69. The second-order valence-electron chi connectivity index (χ2n) is 8.58. The molecule has 0 spiro atoms. The number of nitrogens with zero attached hydrogens (tertiary/aromatic N) is 5. The maximum absolute atomic E-state index is 6.06. The lowest BCUT2D eigenvalue weighted by molar-refractivity contribution is 0.157. The number of hydrogen-bond donors (Lipinski definition) is 1. The molecule has 1 N–H and O–H groups in total. The lowest BCUT2D eigenvalue weighted by Crippen LogP contribution is -2.62. The maximum Gasteiger partial charge on any atom is 0.229 e. The molecule has 1 aliphatic heterocycles. The SMILES string of the molecule is CCN(CC)CCCN(c1ncnc(Cl)n1)C1CC(C)(C)NC(C)(C)C1. The largest absolute Gasteiger partial charge is 0.338 e. The number of anilines is 1. The average molecular weight is 383 g/mol. The fourth-order valence-electron chi connectivity index (χ4n) is 4.35. The Morgan fingerprint density at radius 2 is 1.69 bits per heavy atom. The monoisotopic (exact) mass is 382 g/mol. The minimum absolute atomic E-state index is 0.0698. The van der Waals surface area contributed by atoms with Crippen molar-refractivity contribution in [1.82, 2.24) is 25.2 Å². The van der Waals surface area contributed by atoms with Crippen LogP contribution in [0.2, 0.25) is 5.28 Å². The van der Waals surface area contributed by atoms with Crippen LogP contribution >= 0.6 is 11.6 Å². The molecule has 26 heavy (non-hydrogen) atoms. The summed E-state index contributed by atoms with van der Waals surface area (Å²) in [4.78, 5) is 17.6. The lowest BCUT2D eigenvalue weighted by atomic mass is 9.79. The highest BCUT2D eigenvalue weighted by atomic mass is 35.5. The minimum Gasteiger partial charge on any atom is -0.338 e. The molecule has 0 radical (unpaired) electrons. The van der Waals surface area contributed by atoms with Gasteiger partial charge in [0.2, 0.25) is 11.2 Å². The van der Waals surface area contributed by atoms with Crippen LogP contribution in [0.25, 0.3) is 0 Å². The molecule has 0 saturated carbocycles. The van der Waals surface area contributed by atoms with Gasteiger partial charge in [-0.25, -0.2) is 9.97 Å². The third-order valence-corrected chi connectivity index (χ3v) is 5.35. The fourth-order valence-corrected chi connectivity index (χ4v) is 4.47. The highest BCUT2D eigenvalue weighted by Gasteiger charge is 2.40. The van der Waals surface area contributed by atoms with E-state index in [9.17, 15) is 0 Å². The van der Waals surface area contributed by atoms with E-state index in [2.05, 4.69) is 71.6 Å². The van der Waals surface area contributed by atoms with Gasteiger partial charge >= 0.3 is 0 Å². The number of rotatable bonds is 8. The zero-order valence-electron chi connectivity index (χ0n) is 17.2. The van der Waals surface area contributed by atoms with Crippen LogP contribution in [0.4, 0.5) is 5.95 Å². The highest BCUT2D eigenvalue weighted by molar-refractivity contribution is 6.28. The second-order valence-corrected chi connectivity index (χ2v) is 8.92. The summed E-state index contributed by atoms with van der Waals surface area (Å²) < 4.78 is 0. The number of hydrogen-bond acceptors (Lipinski definition) is 6. The van der Waals surface area contributed by atoms with Gasteiger partial charge in [0.05, 0.1) is 0 Å². The van der Waals surface area contributed by atoms with Crippen molar-refractivity contribution in [2.45, 2.75) is 77.9 Å². The number of nitrogens with one attached hydrogen (secondary N) is 1. The van der Waals surface area contributed by atoms with E-state index in [0.29, 0.717) is 12.0 Å². The van der Waals surface area contributed by atoms with Crippen LogP contribution in [0.5, 0.6) is 0 Å². The average Bonchev–Trinajstić information content (AvgIpc) is 2.52. The van der Waals surface area contributed by atoms with E-state index in [0.717, 1.165) is 45.4 Å². The van der Waals surface area contributed by atoms with Crippen LogP contribution < -0.4 is 10.2 Å². The van der Waals surface area contributed by atoms with Gasteiger partial charge in [0.25, 0.3) is 0 Å². The minimum atomic E-state index is 0.0698. The predicted octanol–water partition coefficient (Wildman–Crippen LogP) is 3.37. The molecule has 1 saturated heterocycles. The van der Waals surface area contributed by atoms with E-state index in [1.807, 2.05) is 0 Å². The van der Waals surface area contributed by atoms with Gasteiger partial charge in [0.1, 0.15) is 6.33 Å². The molecule has 148 valence electrons. The van der Waals surface area contributed by atoms with Gasteiger partial charge in [0, 0.05) is 23.7 Å². The van der Waals surface area contributed by atoms with Crippen LogP contribution in [-0.2, 0) is 0 Å². The molecule has 6 nitrogen and oxygen atoms in total. The van der Waals surface area contributed by atoms with Gasteiger partial charge in [-0.2, -0.15) is 4.98 Å². The van der Waals surface area contributed by atoms with Gasteiger partial charge in [-0.05, 0) is 78.2 Å². The van der Waals surface area contributed by atoms with Crippen molar-refractivity contribution in [1.29, 1.82) is 0 Å². The molecular weight excluding hydrogens is 348 g/mol. The van der Waals surface area contributed by atoms with E-state index in [4.69, 9.17) is 11.6 Å². The first-order chi connectivity index (χ1) is 12.2. The molecule has 2 heterocycles. The van der Waals surface area contributed by atoms with Gasteiger partial charge < -0.3 is 15.1 Å². The Morgan fingerprint density at radius 1 is 1.08 bits per heavy atom. The normalized spacial score (nSPS) is 19.7. The van der Waals surface area contributed by atoms with E-state index >= 15 is 0 Å². The molecule has 2 rings (SSSR count). The number of halogens is 1. The zero-order chi connectivity index (χ0) is 19.4. The third-order valence-electron chi connectivity index (χ3n) is 5.16. The molecule has 0 unspecified atom stereocenters. The Bertz CT molecular complexity index is 557. The summed E-state index contributed by atoms with van der Waals surface area (Å²) in [5, 5.41) is 4.02. The van der Waals surface area contributed by atoms with Crippen LogP contribution in [0.1, 0.15) is 60.8 Å². The van der Waals surface area contributed by atoms with Crippen LogP contribution in [0, 0.1) is 0 Å². The van der Waals surface area contributed by atoms with Crippen molar-refractivity contribution < 1.29 is 0 Å². The summed E-state index contributed by atoms with van der Waals surface area (Å²) in [5.74, 6) is 0.697.